The third-order valence-electron chi connectivity index (χ3n) is 3.56. The molecule has 21 heavy (non-hydrogen) atoms. The van der Waals surface area contributed by atoms with E-state index in [1.807, 2.05) is 41.8 Å². The van der Waals surface area contributed by atoms with Crippen LogP contribution in [0.3, 0.4) is 0 Å². The van der Waals surface area contributed by atoms with Gasteiger partial charge in [-0.25, -0.2) is 4.98 Å². The van der Waals surface area contributed by atoms with Crippen LogP contribution in [0.25, 0.3) is 11.0 Å². The van der Waals surface area contributed by atoms with Crippen LogP contribution in [0.4, 0.5) is 0 Å². The molecule has 0 spiro atoms. The van der Waals surface area contributed by atoms with Crippen molar-refractivity contribution in [2.45, 2.75) is 25.8 Å². The molecule has 0 bridgehead atoms. The van der Waals surface area contributed by atoms with Crippen LogP contribution in [-0.4, -0.2) is 16.5 Å². The number of fused-ring (bicyclic) bond motifs is 1. The maximum atomic E-state index is 4.64. The standard InChI is InChI=1S/C17H19N3S/c1-17(2,16-8-5-9-21-16)12-18-10-13-11-19-14-6-3-4-7-15(14)20-13/h3-9,11,18H,10,12H2,1-2H3. The van der Waals surface area contributed by atoms with Gasteiger partial charge in [0.1, 0.15) is 0 Å². The van der Waals surface area contributed by atoms with E-state index in [1.165, 1.54) is 4.88 Å². The first-order valence-corrected chi connectivity index (χ1v) is 7.98. The Balaban J connectivity index is 1.64. The van der Waals surface area contributed by atoms with Crippen LogP contribution in [-0.2, 0) is 12.0 Å². The molecule has 3 nitrogen and oxygen atoms in total. The van der Waals surface area contributed by atoms with Crippen LogP contribution in [0.15, 0.2) is 48.0 Å². The molecule has 2 heterocycles. The summed E-state index contributed by atoms with van der Waals surface area (Å²) in [6, 6.07) is 12.3. The van der Waals surface area contributed by atoms with Crippen molar-refractivity contribution >= 4 is 22.4 Å². The van der Waals surface area contributed by atoms with Crippen molar-refractivity contribution in [1.82, 2.24) is 15.3 Å². The van der Waals surface area contributed by atoms with Crippen molar-refractivity contribution in [2.24, 2.45) is 0 Å². The van der Waals surface area contributed by atoms with E-state index in [-0.39, 0.29) is 5.41 Å². The highest BCUT2D eigenvalue weighted by Gasteiger charge is 2.20. The molecule has 0 saturated carbocycles. The summed E-state index contributed by atoms with van der Waals surface area (Å²) in [5.41, 5.74) is 3.02. The largest absolute Gasteiger partial charge is 0.310 e. The van der Waals surface area contributed by atoms with Gasteiger partial charge in [0.15, 0.2) is 0 Å². The highest BCUT2D eigenvalue weighted by Crippen LogP contribution is 2.26. The molecule has 0 saturated heterocycles. The van der Waals surface area contributed by atoms with E-state index in [0.29, 0.717) is 0 Å². The van der Waals surface area contributed by atoms with Crippen molar-refractivity contribution in [2.75, 3.05) is 6.54 Å². The first kappa shape index (κ1) is 14.2. The number of para-hydroxylation sites is 2. The quantitative estimate of drug-likeness (QED) is 0.779. The van der Waals surface area contributed by atoms with E-state index in [0.717, 1.165) is 29.8 Å². The summed E-state index contributed by atoms with van der Waals surface area (Å²) in [4.78, 5) is 10.5. The Labute approximate surface area is 129 Å². The number of rotatable bonds is 5. The number of hydrogen-bond donors (Lipinski definition) is 1. The third kappa shape index (κ3) is 3.28. The number of nitrogens with zero attached hydrogens (tertiary/aromatic N) is 2. The molecule has 1 N–H and O–H groups in total. The van der Waals surface area contributed by atoms with E-state index in [4.69, 9.17) is 0 Å². The van der Waals surface area contributed by atoms with Crippen LogP contribution < -0.4 is 5.32 Å². The van der Waals surface area contributed by atoms with Crippen molar-refractivity contribution in [3.05, 3.63) is 58.5 Å². The van der Waals surface area contributed by atoms with Gasteiger partial charge in [0, 0.05) is 23.4 Å². The zero-order valence-electron chi connectivity index (χ0n) is 12.3. The molecule has 0 aliphatic heterocycles. The summed E-state index contributed by atoms with van der Waals surface area (Å²) in [7, 11) is 0. The molecule has 0 radical (unpaired) electrons. The Morgan fingerprint density at radius 2 is 1.90 bits per heavy atom. The maximum absolute atomic E-state index is 4.64. The van der Waals surface area contributed by atoms with Crippen LogP contribution in [0.5, 0.6) is 0 Å². The monoisotopic (exact) mass is 297 g/mol. The van der Waals surface area contributed by atoms with Gasteiger partial charge in [-0.05, 0) is 23.6 Å². The molecule has 3 aromatic rings. The lowest BCUT2D eigenvalue weighted by atomic mass is 9.91. The number of hydrogen-bond acceptors (Lipinski definition) is 4. The van der Waals surface area contributed by atoms with Crippen LogP contribution >= 0.6 is 11.3 Å². The van der Waals surface area contributed by atoms with Crippen molar-refractivity contribution in [1.29, 1.82) is 0 Å². The third-order valence-corrected chi connectivity index (χ3v) is 4.80. The van der Waals surface area contributed by atoms with E-state index >= 15 is 0 Å². The minimum atomic E-state index is 0.137. The summed E-state index contributed by atoms with van der Waals surface area (Å²) in [6.07, 6.45) is 1.85. The second-order valence-corrected chi connectivity index (χ2v) is 6.76. The first-order chi connectivity index (χ1) is 10.1. The molecule has 0 fully saturated rings. The smallest absolute Gasteiger partial charge is 0.0890 e. The van der Waals surface area contributed by atoms with Gasteiger partial charge < -0.3 is 5.32 Å². The minimum Gasteiger partial charge on any atom is -0.310 e. The van der Waals surface area contributed by atoms with Gasteiger partial charge in [-0.15, -0.1) is 11.3 Å². The summed E-state index contributed by atoms with van der Waals surface area (Å²) >= 11 is 1.81. The molecule has 108 valence electrons. The zero-order chi connectivity index (χ0) is 14.7. The van der Waals surface area contributed by atoms with Gasteiger partial charge in [-0.2, -0.15) is 0 Å². The lowest BCUT2D eigenvalue weighted by molar-refractivity contribution is 0.474. The topological polar surface area (TPSA) is 37.8 Å². The lowest BCUT2D eigenvalue weighted by Crippen LogP contribution is -2.32. The van der Waals surface area contributed by atoms with E-state index in [1.54, 1.807) is 0 Å². The fourth-order valence-corrected chi connectivity index (χ4v) is 3.19. The molecule has 4 heteroatoms. The van der Waals surface area contributed by atoms with Gasteiger partial charge in [-0.3, -0.25) is 4.98 Å². The Bertz CT molecular complexity index is 720. The molecule has 0 amide bonds. The van der Waals surface area contributed by atoms with Gasteiger partial charge in [0.25, 0.3) is 0 Å². The van der Waals surface area contributed by atoms with Crippen molar-refractivity contribution in [3.8, 4) is 0 Å². The number of aromatic nitrogens is 2. The Kier molecular flexibility index (Phi) is 3.99. The highest BCUT2D eigenvalue weighted by molar-refractivity contribution is 7.10. The zero-order valence-corrected chi connectivity index (χ0v) is 13.2. The van der Waals surface area contributed by atoms with Gasteiger partial charge in [0.05, 0.1) is 22.9 Å². The number of nitrogens with one attached hydrogen (secondary N) is 1. The SMILES string of the molecule is CC(C)(CNCc1cnc2ccccc2n1)c1cccs1. The normalized spacial score (nSPS) is 11.9. The van der Waals surface area contributed by atoms with Gasteiger partial charge in [-0.1, -0.05) is 32.0 Å². The van der Waals surface area contributed by atoms with Crippen LogP contribution in [0, 0.1) is 0 Å². The minimum absolute atomic E-state index is 0.137. The molecular formula is C17H19N3S. The maximum Gasteiger partial charge on any atom is 0.0890 e. The lowest BCUT2D eigenvalue weighted by Gasteiger charge is -2.23. The van der Waals surface area contributed by atoms with Crippen molar-refractivity contribution < 1.29 is 0 Å². The van der Waals surface area contributed by atoms with E-state index in [9.17, 15) is 0 Å². The summed E-state index contributed by atoms with van der Waals surface area (Å²) < 4.78 is 0. The Morgan fingerprint density at radius 3 is 2.67 bits per heavy atom. The average Bonchev–Trinajstić information content (AvgIpc) is 3.02. The summed E-state index contributed by atoms with van der Waals surface area (Å²) in [6.45, 7) is 6.18. The second-order valence-electron chi connectivity index (χ2n) is 5.81. The second kappa shape index (κ2) is 5.92. The van der Waals surface area contributed by atoms with Gasteiger partial charge >= 0.3 is 0 Å². The van der Waals surface area contributed by atoms with Gasteiger partial charge in [0.2, 0.25) is 0 Å². The summed E-state index contributed by atoms with van der Waals surface area (Å²) in [5.74, 6) is 0. The first-order valence-electron chi connectivity index (χ1n) is 7.10. The predicted molar refractivity (Wildman–Crippen MR) is 88.6 cm³/mol. The molecule has 0 aliphatic rings. The number of thiophene rings is 1. The number of benzene rings is 1. The average molecular weight is 297 g/mol. The highest BCUT2D eigenvalue weighted by atomic mass is 32.1. The molecule has 3 rings (SSSR count). The summed E-state index contributed by atoms with van der Waals surface area (Å²) in [5, 5.41) is 5.63. The molecule has 0 aliphatic carbocycles. The Hall–Kier alpha value is -1.78. The molecular weight excluding hydrogens is 278 g/mol. The van der Waals surface area contributed by atoms with Crippen LogP contribution in [0.2, 0.25) is 0 Å². The molecule has 0 atom stereocenters. The van der Waals surface area contributed by atoms with Crippen LogP contribution in [0.1, 0.15) is 24.4 Å². The fraction of sp³-hybridized carbons (Fsp3) is 0.294. The van der Waals surface area contributed by atoms with E-state index < -0.39 is 0 Å². The molecule has 2 aromatic heterocycles. The van der Waals surface area contributed by atoms with Crippen molar-refractivity contribution in [3.63, 3.8) is 0 Å². The molecule has 1 aromatic carbocycles. The fourth-order valence-electron chi connectivity index (χ4n) is 2.33. The molecule has 0 unspecified atom stereocenters. The Morgan fingerprint density at radius 1 is 1.10 bits per heavy atom. The van der Waals surface area contributed by atoms with E-state index in [2.05, 4.69) is 46.6 Å². The predicted octanol–water partition coefficient (Wildman–Crippen LogP) is 3.76.